The first-order chi connectivity index (χ1) is 6.66. The molecule has 1 nitrogen and oxygen atoms in total. The largest absolute Gasteiger partial charge is 0.225 e. The summed E-state index contributed by atoms with van der Waals surface area (Å²) in [6.07, 6.45) is 0. The standard InChI is InChI=1S/C10H7ClFNS/c1-6-9(13-10(11)14-6)7-2-4-8(12)5-3-7/h2-5H,1H3. The predicted molar refractivity (Wildman–Crippen MR) is 57.3 cm³/mol. The zero-order valence-electron chi connectivity index (χ0n) is 7.42. The summed E-state index contributed by atoms with van der Waals surface area (Å²) in [4.78, 5) is 5.21. The highest BCUT2D eigenvalue weighted by Gasteiger charge is 2.07. The summed E-state index contributed by atoms with van der Waals surface area (Å²) in [5, 5.41) is 0. The maximum Gasteiger partial charge on any atom is 0.184 e. The summed E-state index contributed by atoms with van der Waals surface area (Å²) in [5.74, 6) is -0.243. The van der Waals surface area contributed by atoms with Crippen LogP contribution < -0.4 is 0 Å². The van der Waals surface area contributed by atoms with E-state index in [1.165, 1.54) is 23.5 Å². The van der Waals surface area contributed by atoms with Crippen LogP contribution in [0.1, 0.15) is 4.88 Å². The molecule has 4 heteroatoms. The van der Waals surface area contributed by atoms with Gasteiger partial charge in [-0.25, -0.2) is 9.37 Å². The molecule has 0 aliphatic heterocycles. The molecule has 0 fully saturated rings. The van der Waals surface area contributed by atoms with E-state index in [-0.39, 0.29) is 5.82 Å². The van der Waals surface area contributed by atoms with Crippen molar-refractivity contribution in [3.63, 3.8) is 0 Å². The predicted octanol–water partition coefficient (Wildman–Crippen LogP) is 3.91. The fourth-order valence-corrected chi connectivity index (χ4v) is 2.32. The second-order valence-electron chi connectivity index (χ2n) is 2.88. The van der Waals surface area contributed by atoms with Crippen molar-refractivity contribution >= 4 is 22.9 Å². The van der Waals surface area contributed by atoms with Gasteiger partial charge < -0.3 is 0 Å². The number of halogens is 2. The normalized spacial score (nSPS) is 10.5. The summed E-state index contributed by atoms with van der Waals surface area (Å²) in [5.41, 5.74) is 1.73. The Morgan fingerprint density at radius 3 is 2.43 bits per heavy atom. The fraction of sp³-hybridized carbons (Fsp3) is 0.100. The van der Waals surface area contributed by atoms with E-state index in [9.17, 15) is 4.39 Å². The number of hydrogen-bond donors (Lipinski definition) is 0. The molecule has 72 valence electrons. The van der Waals surface area contributed by atoms with Gasteiger partial charge in [0.2, 0.25) is 0 Å². The lowest BCUT2D eigenvalue weighted by Crippen LogP contribution is -1.80. The van der Waals surface area contributed by atoms with Crippen LogP contribution in [-0.2, 0) is 0 Å². The van der Waals surface area contributed by atoms with Crippen LogP contribution in [-0.4, -0.2) is 4.98 Å². The molecule has 1 heterocycles. The molecule has 1 aromatic carbocycles. The van der Waals surface area contributed by atoms with Crippen LogP contribution in [0.25, 0.3) is 11.3 Å². The summed E-state index contributed by atoms with van der Waals surface area (Å²) < 4.78 is 13.2. The van der Waals surface area contributed by atoms with Crippen LogP contribution >= 0.6 is 22.9 Å². The molecule has 0 radical (unpaired) electrons. The van der Waals surface area contributed by atoms with Crippen LogP contribution in [0.15, 0.2) is 24.3 Å². The molecular weight excluding hydrogens is 221 g/mol. The van der Waals surface area contributed by atoms with E-state index >= 15 is 0 Å². The molecule has 0 aliphatic carbocycles. The van der Waals surface area contributed by atoms with E-state index < -0.39 is 0 Å². The Hall–Kier alpha value is -0.930. The van der Waals surface area contributed by atoms with Crippen molar-refractivity contribution in [3.8, 4) is 11.3 Å². The summed E-state index contributed by atoms with van der Waals surface area (Å²) in [6.45, 7) is 1.95. The molecule has 0 atom stereocenters. The number of benzene rings is 1. The monoisotopic (exact) mass is 227 g/mol. The van der Waals surface area contributed by atoms with Gasteiger partial charge in [0, 0.05) is 10.4 Å². The lowest BCUT2D eigenvalue weighted by Gasteiger charge is -1.97. The highest BCUT2D eigenvalue weighted by molar-refractivity contribution is 7.16. The average molecular weight is 228 g/mol. The zero-order chi connectivity index (χ0) is 10.1. The van der Waals surface area contributed by atoms with Crippen LogP contribution in [0, 0.1) is 12.7 Å². The first kappa shape index (κ1) is 9.62. The zero-order valence-corrected chi connectivity index (χ0v) is 8.99. The molecule has 2 rings (SSSR count). The van der Waals surface area contributed by atoms with E-state index in [0.717, 1.165) is 16.1 Å². The molecule has 1 aromatic heterocycles. The fourth-order valence-electron chi connectivity index (χ4n) is 1.24. The van der Waals surface area contributed by atoms with Gasteiger partial charge in [0.25, 0.3) is 0 Å². The van der Waals surface area contributed by atoms with E-state index in [0.29, 0.717) is 4.47 Å². The Bertz CT molecular complexity index is 450. The number of thiazole rings is 1. The van der Waals surface area contributed by atoms with E-state index in [2.05, 4.69) is 4.98 Å². The van der Waals surface area contributed by atoms with Crippen molar-refractivity contribution in [2.45, 2.75) is 6.92 Å². The highest BCUT2D eigenvalue weighted by Crippen LogP contribution is 2.29. The molecule has 2 aromatic rings. The van der Waals surface area contributed by atoms with Crippen molar-refractivity contribution in [2.75, 3.05) is 0 Å². The number of hydrogen-bond acceptors (Lipinski definition) is 2. The topological polar surface area (TPSA) is 12.9 Å². The van der Waals surface area contributed by atoms with Crippen LogP contribution in [0.4, 0.5) is 4.39 Å². The number of nitrogens with zero attached hydrogens (tertiary/aromatic N) is 1. The van der Waals surface area contributed by atoms with Gasteiger partial charge in [0.05, 0.1) is 5.69 Å². The number of rotatable bonds is 1. The molecule has 0 N–H and O–H groups in total. The van der Waals surface area contributed by atoms with Gasteiger partial charge in [0.15, 0.2) is 4.47 Å². The third-order valence-corrected chi connectivity index (χ3v) is 2.96. The highest BCUT2D eigenvalue weighted by atomic mass is 35.5. The van der Waals surface area contributed by atoms with Crippen molar-refractivity contribution in [3.05, 3.63) is 39.4 Å². The minimum absolute atomic E-state index is 0.243. The van der Waals surface area contributed by atoms with Crippen LogP contribution in [0.5, 0.6) is 0 Å². The van der Waals surface area contributed by atoms with Gasteiger partial charge in [-0.1, -0.05) is 11.6 Å². The first-order valence-electron chi connectivity index (χ1n) is 4.05. The number of aryl methyl sites for hydroxylation is 1. The Labute approximate surface area is 90.2 Å². The van der Waals surface area contributed by atoms with Gasteiger partial charge in [0.1, 0.15) is 5.82 Å². The first-order valence-corrected chi connectivity index (χ1v) is 5.25. The minimum atomic E-state index is -0.243. The molecule has 0 saturated carbocycles. The second-order valence-corrected chi connectivity index (χ2v) is 4.66. The van der Waals surface area contributed by atoms with Crippen molar-refractivity contribution in [1.82, 2.24) is 4.98 Å². The average Bonchev–Trinajstić information content (AvgIpc) is 2.47. The minimum Gasteiger partial charge on any atom is -0.225 e. The van der Waals surface area contributed by atoms with E-state index in [4.69, 9.17) is 11.6 Å². The second kappa shape index (κ2) is 3.67. The lowest BCUT2D eigenvalue weighted by atomic mass is 10.1. The molecule has 0 aliphatic rings. The van der Waals surface area contributed by atoms with Gasteiger partial charge in [-0.05, 0) is 31.2 Å². The smallest absolute Gasteiger partial charge is 0.184 e. The van der Waals surface area contributed by atoms with Crippen molar-refractivity contribution < 1.29 is 4.39 Å². The van der Waals surface area contributed by atoms with Crippen LogP contribution in [0.2, 0.25) is 4.47 Å². The Balaban J connectivity index is 2.49. The summed E-state index contributed by atoms with van der Waals surface area (Å²) in [6, 6.07) is 6.24. The summed E-state index contributed by atoms with van der Waals surface area (Å²) in [7, 11) is 0. The quantitative estimate of drug-likeness (QED) is 0.720. The molecule has 0 spiro atoms. The third kappa shape index (κ3) is 1.79. The van der Waals surface area contributed by atoms with Gasteiger partial charge >= 0.3 is 0 Å². The number of aromatic nitrogens is 1. The van der Waals surface area contributed by atoms with Crippen LogP contribution in [0.3, 0.4) is 0 Å². The third-order valence-electron chi connectivity index (χ3n) is 1.89. The Kier molecular flexibility index (Phi) is 2.52. The maximum atomic E-state index is 12.7. The molecule has 0 unspecified atom stereocenters. The molecular formula is C10H7ClFNS. The molecule has 0 amide bonds. The van der Waals surface area contributed by atoms with Crippen molar-refractivity contribution in [1.29, 1.82) is 0 Å². The van der Waals surface area contributed by atoms with E-state index in [1.807, 2.05) is 6.92 Å². The lowest BCUT2D eigenvalue weighted by molar-refractivity contribution is 0.628. The Morgan fingerprint density at radius 2 is 1.93 bits per heavy atom. The molecule has 0 bridgehead atoms. The molecule has 14 heavy (non-hydrogen) atoms. The van der Waals surface area contributed by atoms with Gasteiger partial charge in [-0.3, -0.25) is 0 Å². The van der Waals surface area contributed by atoms with Crippen molar-refractivity contribution in [2.24, 2.45) is 0 Å². The Morgan fingerprint density at radius 1 is 1.29 bits per heavy atom. The maximum absolute atomic E-state index is 12.7. The summed E-state index contributed by atoms with van der Waals surface area (Å²) >= 11 is 7.21. The van der Waals surface area contributed by atoms with Gasteiger partial charge in [-0.15, -0.1) is 11.3 Å². The van der Waals surface area contributed by atoms with E-state index in [1.54, 1.807) is 12.1 Å². The molecule has 0 saturated heterocycles. The van der Waals surface area contributed by atoms with Gasteiger partial charge in [-0.2, -0.15) is 0 Å². The SMILES string of the molecule is Cc1sc(Cl)nc1-c1ccc(F)cc1.